The number of carbonyl (C=O) groups is 1. The van der Waals surface area contributed by atoms with Crippen molar-refractivity contribution < 1.29 is 22.7 Å². The van der Waals surface area contributed by atoms with Crippen LogP contribution in [0.4, 0.5) is 11.4 Å². The van der Waals surface area contributed by atoms with Crippen molar-refractivity contribution in [3.8, 4) is 11.5 Å². The van der Waals surface area contributed by atoms with Gasteiger partial charge in [0.15, 0.2) is 11.5 Å². The molecule has 0 radical (unpaired) electrons. The van der Waals surface area contributed by atoms with Gasteiger partial charge in [0.1, 0.15) is 6.54 Å². The summed E-state index contributed by atoms with van der Waals surface area (Å²) in [7, 11) is -1.30. The highest BCUT2D eigenvalue weighted by atomic mass is 35.5. The third-order valence-corrected chi connectivity index (χ3v) is 7.54. The lowest BCUT2D eigenvalue weighted by molar-refractivity contribution is -0.114. The predicted molar refractivity (Wildman–Crippen MR) is 135 cm³/mol. The van der Waals surface area contributed by atoms with Crippen molar-refractivity contribution in [2.24, 2.45) is 0 Å². The Labute approximate surface area is 209 Å². The Balaban J connectivity index is 2.05. The maximum atomic E-state index is 13.7. The van der Waals surface area contributed by atoms with Crippen LogP contribution in [0.1, 0.15) is 11.1 Å². The average Bonchev–Trinajstić information content (AvgIpc) is 2.79. The quantitative estimate of drug-likeness (QED) is 0.424. The summed E-state index contributed by atoms with van der Waals surface area (Å²) in [6.45, 7) is 3.20. The van der Waals surface area contributed by atoms with Gasteiger partial charge in [-0.05, 0) is 61.4 Å². The Hall–Kier alpha value is -2.94. The van der Waals surface area contributed by atoms with Crippen LogP contribution in [0, 0.1) is 13.8 Å². The molecule has 0 aliphatic heterocycles. The molecule has 0 fully saturated rings. The minimum Gasteiger partial charge on any atom is -0.493 e. The van der Waals surface area contributed by atoms with Crippen LogP contribution in [-0.4, -0.2) is 35.1 Å². The van der Waals surface area contributed by atoms with E-state index in [-0.39, 0.29) is 26.4 Å². The second-order valence-corrected chi connectivity index (χ2v) is 10.2. The van der Waals surface area contributed by atoms with Crippen LogP contribution in [0.15, 0.2) is 59.5 Å². The molecule has 3 aromatic carbocycles. The zero-order valence-corrected chi connectivity index (χ0v) is 21.4. The van der Waals surface area contributed by atoms with E-state index in [4.69, 9.17) is 32.7 Å². The van der Waals surface area contributed by atoms with E-state index < -0.39 is 22.5 Å². The molecule has 3 rings (SSSR count). The summed E-state index contributed by atoms with van der Waals surface area (Å²) in [5.74, 6) is 0.0410. The van der Waals surface area contributed by atoms with E-state index in [0.717, 1.165) is 15.4 Å². The van der Waals surface area contributed by atoms with Crippen molar-refractivity contribution in [2.45, 2.75) is 18.7 Å². The summed E-state index contributed by atoms with van der Waals surface area (Å²) in [5, 5.41) is 3.07. The van der Waals surface area contributed by atoms with E-state index >= 15 is 0 Å². The molecule has 7 nitrogen and oxygen atoms in total. The molecule has 0 heterocycles. The van der Waals surface area contributed by atoms with Gasteiger partial charge in [-0.25, -0.2) is 8.42 Å². The van der Waals surface area contributed by atoms with E-state index in [1.165, 1.54) is 32.4 Å². The number of hydrogen-bond acceptors (Lipinski definition) is 5. The Morgan fingerprint density at radius 3 is 2.21 bits per heavy atom. The van der Waals surface area contributed by atoms with Crippen LogP contribution in [-0.2, 0) is 14.8 Å². The van der Waals surface area contributed by atoms with Crippen molar-refractivity contribution in [3.63, 3.8) is 0 Å². The number of rotatable bonds is 8. The summed E-state index contributed by atoms with van der Waals surface area (Å²) in [4.78, 5) is 12.9. The van der Waals surface area contributed by atoms with Gasteiger partial charge < -0.3 is 14.8 Å². The van der Waals surface area contributed by atoms with Crippen molar-refractivity contribution in [1.82, 2.24) is 0 Å². The fraction of sp³-hybridized carbons (Fsp3) is 0.208. The number of hydrogen-bond donors (Lipinski definition) is 1. The molecule has 0 spiro atoms. The summed E-state index contributed by atoms with van der Waals surface area (Å²) in [6.07, 6.45) is 0. The van der Waals surface area contributed by atoms with Crippen molar-refractivity contribution >= 4 is 50.5 Å². The van der Waals surface area contributed by atoms with Crippen LogP contribution in [0.25, 0.3) is 0 Å². The van der Waals surface area contributed by atoms with Gasteiger partial charge in [-0.2, -0.15) is 0 Å². The topological polar surface area (TPSA) is 84.9 Å². The minimum atomic E-state index is -4.17. The SMILES string of the molecule is COc1ccc(S(=O)(=O)N(CC(=O)Nc2cccc(Cl)c2Cl)c2cc(C)cc(C)c2)cc1OC. The first kappa shape index (κ1) is 25.7. The summed E-state index contributed by atoms with van der Waals surface area (Å²) in [6, 6.07) is 14.4. The lowest BCUT2D eigenvalue weighted by atomic mass is 10.1. The Kier molecular flexibility index (Phi) is 7.97. The predicted octanol–water partition coefficient (Wildman–Crippen LogP) is 5.46. The maximum Gasteiger partial charge on any atom is 0.264 e. The highest BCUT2D eigenvalue weighted by molar-refractivity contribution is 7.92. The van der Waals surface area contributed by atoms with Gasteiger partial charge in [-0.3, -0.25) is 9.10 Å². The number of nitrogens with zero attached hydrogens (tertiary/aromatic N) is 1. The highest BCUT2D eigenvalue weighted by Crippen LogP contribution is 2.33. The average molecular weight is 523 g/mol. The number of carbonyl (C=O) groups excluding carboxylic acids is 1. The molecule has 0 aliphatic carbocycles. The summed E-state index contributed by atoms with van der Waals surface area (Å²) < 4.78 is 39.0. The standard InChI is InChI=1S/C24H24Cl2N2O5S/c1-15-10-16(2)12-17(11-15)28(14-23(29)27-20-7-5-6-19(25)24(20)26)34(30,31)18-8-9-21(32-3)22(13-18)33-4/h5-13H,14H2,1-4H3,(H,27,29). The second kappa shape index (κ2) is 10.5. The van der Waals surface area contributed by atoms with Gasteiger partial charge in [-0.1, -0.05) is 35.3 Å². The number of benzene rings is 3. The van der Waals surface area contributed by atoms with Gasteiger partial charge in [0.05, 0.1) is 40.5 Å². The van der Waals surface area contributed by atoms with Crippen molar-refractivity contribution in [3.05, 3.63) is 75.8 Å². The Morgan fingerprint density at radius 1 is 0.941 bits per heavy atom. The van der Waals surface area contributed by atoms with Crippen molar-refractivity contribution in [1.29, 1.82) is 0 Å². The minimum absolute atomic E-state index is 0.0575. The number of ether oxygens (including phenoxy) is 2. The third-order valence-electron chi connectivity index (χ3n) is 4.95. The number of methoxy groups -OCH3 is 2. The van der Waals surface area contributed by atoms with Crippen molar-refractivity contribution in [2.75, 3.05) is 30.4 Å². The lowest BCUT2D eigenvalue weighted by Crippen LogP contribution is -2.38. The first-order chi connectivity index (χ1) is 16.1. The fourth-order valence-corrected chi connectivity index (χ4v) is 5.20. The normalized spacial score (nSPS) is 11.1. The molecule has 0 aromatic heterocycles. The van der Waals surface area contributed by atoms with Gasteiger partial charge in [0, 0.05) is 6.07 Å². The second-order valence-electron chi connectivity index (χ2n) is 7.52. The zero-order chi connectivity index (χ0) is 25.0. The van der Waals surface area contributed by atoms with Gasteiger partial charge in [0.2, 0.25) is 5.91 Å². The van der Waals surface area contributed by atoms with E-state index in [2.05, 4.69) is 5.32 Å². The van der Waals surface area contributed by atoms with Gasteiger partial charge in [-0.15, -0.1) is 0 Å². The molecular weight excluding hydrogens is 499 g/mol. The third kappa shape index (κ3) is 5.58. The first-order valence-corrected chi connectivity index (χ1v) is 12.3. The monoisotopic (exact) mass is 522 g/mol. The van der Waals surface area contributed by atoms with Crippen LogP contribution >= 0.6 is 23.2 Å². The molecule has 0 aliphatic rings. The van der Waals surface area contributed by atoms with Crippen LogP contribution in [0.2, 0.25) is 10.0 Å². The number of sulfonamides is 1. The smallest absolute Gasteiger partial charge is 0.264 e. The highest BCUT2D eigenvalue weighted by Gasteiger charge is 2.29. The number of amides is 1. The molecule has 10 heteroatoms. The molecule has 3 aromatic rings. The Morgan fingerprint density at radius 2 is 1.59 bits per heavy atom. The molecular formula is C24H24Cl2N2O5S. The molecule has 0 atom stereocenters. The van der Waals surface area contributed by atoms with Crippen LogP contribution in [0.5, 0.6) is 11.5 Å². The summed E-state index contributed by atoms with van der Waals surface area (Å²) in [5.41, 5.74) is 2.32. The number of aryl methyl sites for hydroxylation is 2. The molecule has 0 saturated heterocycles. The van der Waals surface area contributed by atoms with Crippen LogP contribution < -0.4 is 19.1 Å². The van der Waals surface area contributed by atoms with E-state index in [1.54, 1.807) is 30.3 Å². The Bertz CT molecular complexity index is 1310. The van der Waals surface area contributed by atoms with E-state index in [0.29, 0.717) is 11.4 Å². The number of anilines is 2. The van der Waals surface area contributed by atoms with E-state index in [9.17, 15) is 13.2 Å². The lowest BCUT2D eigenvalue weighted by Gasteiger charge is -2.25. The number of nitrogens with one attached hydrogen (secondary N) is 1. The summed E-state index contributed by atoms with van der Waals surface area (Å²) >= 11 is 12.2. The largest absolute Gasteiger partial charge is 0.493 e. The molecule has 34 heavy (non-hydrogen) atoms. The fourth-order valence-electron chi connectivity index (χ4n) is 3.43. The van der Waals surface area contributed by atoms with Gasteiger partial charge in [0.25, 0.3) is 10.0 Å². The molecule has 0 unspecified atom stereocenters. The molecule has 0 bridgehead atoms. The van der Waals surface area contributed by atoms with E-state index in [1.807, 2.05) is 19.9 Å². The van der Waals surface area contributed by atoms with Gasteiger partial charge >= 0.3 is 0 Å². The molecule has 1 amide bonds. The number of halogens is 2. The molecule has 1 N–H and O–H groups in total. The molecule has 180 valence electrons. The zero-order valence-electron chi connectivity index (χ0n) is 19.1. The molecule has 0 saturated carbocycles. The first-order valence-electron chi connectivity index (χ1n) is 10.1. The van der Waals surface area contributed by atoms with Crippen LogP contribution in [0.3, 0.4) is 0 Å². The maximum absolute atomic E-state index is 13.7.